The second kappa shape index (κ2) is 8.86. The van der Waals surface area contributed by atoms with Gasteiger partial charge in [-0.2, -0.15) is 18.3 Å². The first-order chi connectivity index (χ1) is 15.0. The first kappa shape index (κ1) is 23.1. The molecule has 0 saturated carbocycles. The minimum absolute atomic E-state index is 0.178. The molecule has 6 nitrogen and oxygen atoms in total. The SMILES string of the molecule is Cc1ccc(-n2ncc(C(=O)N(C)CC(=O)Nc3c(C)cccc3C)c2C(F)(F)F)cc1. The lowest BCUT2D eigenvalue weighted by molar-refractivity contribution is -0.143. The predicted molar refractivity (Wildman–Crippen MR) is 115 cm³/mol. The average molecular weight is 444 g/mol. The van der Waals surface area contributed by atoms with Crippen molar-refractivity contribution in [3.05, 3.63) is 76.6 Å². The van der Waals surface area contributed by atoms with Crippen molar-refractivity contribution in [2.45, 2.75) is 26.9 Å². The van der Waals surface area contributed by atoms with Gasteiger partial charge in [0.1, 0.15) is 0 Å². The number of halogens is 3. The Balaban J connectivity index is 1.85. The highest BCUT2D eigenvalue weighted by molar-refractivity contribution is 6.00. The standard InChI is InChI=1S/C23H23F3N4O2/c1-14-8-10-17(11-9-14)30-21(23(24,25)26)18(12-27-30)22(32)29(4)13-19(31)28-20-15(2)6-5-7-16(20)3/h5-12H,13H2,1-4H3,(H,28,31). The quantitative estimate of drug-likeness (QED) is 0.629. The van der Waals surface area contributed by atoms with Crippen molar-refractivity contribution < 1.29 is 22.8 Å². The van der Waals surface area contributed by atoms with Gasteiger partial charge in [-0.25, -0.2) is 4.68 Å². The Morgan fingerprint density at radius 2 is 1.62 bits per heavy atom. The summed E-state index contributed by atoms with van der Waals surface area (Å²) >= 11 is 0. The zero-order valence-electron chi connectivity index (χ0n) is 18.1. The molecule has 3 rings (SSSR count). The molecular weight excluding hydrogens is 421 g/mol. The normalized spacial score (nSPS) is 11.3. The van der Waals surface area contributed by atoms with Crippen LogP contribution in [0.25, 0.3) is 5.69 Å². The third-order valence-electron chi connectivity index (χ3n) is 5.02. The van der Waals surface area contributed by atoms with E-state index in [1.807, 2.05) is 39.0 Å². The van der Waals surface area contributed by atoms with Crippen molar-refractivity contribution in [3.63, 3.8) is 0 Å². The van der Waals surface area contributed by atoms with E-state index in [-0.39, 0.29) is 5.69 Å². The number of carbonyl (C=O) groups excluding carboxylic acids is 2. The highest BCUT2D eigenvalue weighted by atomic mass is 19.4. The number of aromatic nitrogens is 2. The van der Waals surface area contributed by atoms with E-state index < -0.39 is 35.8 Å². The summed E-state index contributed by atoms with van der Waals surface area (Å²) in [5, 5.41) is 6.53. The van der Waals surface area contributed by atoms with Gasteiger partial charge in [0.25, 0.3) is 5.91 Å². The number of nitrogens with zero attached hydrogens (tertiary/aromatic N) is 3. The van der Waals surface area contributed by atoms with E-state index >= 15 is 0 Å². The fourth-order valence-electron chi connectivity index (χ4n) is 3.34. The van der Waals surface area contributed by atoms with Crippen LogP contribution in [0.2, 0.25) is 0 Å². The molecule has 0 fully saturated rings. The number of nitrogens with one attached hydrogen (secondary N) is 1. The average Bonchev–Trinajstić information content (AvgIpc) is 3.16. The molecule has 3 aromatic rings. The van der Waals surface area contributed by atoms with Gasteiger partial charge in [0, 0.05) is 12.7 Å². The van der Waals surface area contributed by atoms with Gasteiger partial charge in [0.15, 0.2) is 5.69 Å². The zero-order valence-corrected chi connectivity index (χ0v) is 18.1. The molecule has 2 aromatic carbocycles. The first-order valence-corrected chi connectivity index (χ1v) is 9.83. The molecule has 2 amide bonds. The predicted octanol–water partition coefficient (Wildman–Crippen LogP) is 4.53. The van der Waals surface area contributed by atoms with Gasteiger partial charge in [0.05, 0.1) is 24.0 Å². The van der Waals surface area contributed by atoms with Crippen LogP contribution in [0, 0.1) is 20.8 Å². The third-order valence-corrected chi connectivity index (χ3v) is 5.02. The number of hydrogen-bond acceptors (Lipinski definition) is 3. The number of alkyl halides is 3. The summed E-state index contributed by atoms with van der Waals surface area (Å²) in [6.45, 7) is 5.05. The third kappa shape index (κ3) is 4.82. The molecule has 1 aromatic heterocycles. The van der Waals surface area contributed by atoms with E-state index in [0.717, 1.165) is 27.8 Å². The Labute approximate surface area is 183 Å². The number of aryl methyl sites for hydroxylation is 3. The van der Waals surface area contributed by atoms with Crippen molar-refractivity contribution in [3.8, 4) is 5.69 Å². The summed E-state index contributed by atoms with van der Waals surface area (Å²) in [6, 6.07) is 11.8. The Bertz CT molecular complexity index is 1130. The van der Waals surface area contributed by atoms with Crippen LogP contribution in [-0.2, 0) is 11.0 Å². The Morgan fingerprint density at radius 3 is 2.19 bits per heavy atom. The number of rotatable bonds is 5. The highest BCUT2D eigenvalue weighted by Gasteiger charge is 2.41. The molecule has 0 unspecified atom stereocenters. The van der Waals surface area contributed by atoms with Crippen molar-refractivity contribution in [1.82, 2.24) is 14.7 Å². The Kier molecular flexibility index (Phi) is 6.38. The number of amides is 2. The lowest BCUT2D eigenvalue weighted by Gasteiger charge is -2.19. The Hall–Kier alpha value is -3.62. The summed E-state index contributed by atoms with van der Waals surface area (Å²) in [5.74, 6) is -1.47. The molecule has 0 bridgehead atoms. The summed E-state index contributed by atoms with van der Waals surface area (Å²) in [6.07, 6.45) is -3.95. The molecule has 0 aliphatic rings. The van der Waals surface area contributed by atoms with Crippen LogP contribution >= 0.6 is 0 Å². The van der Waals surface area contributed by atoms with Gasteiger partial charge >= 0.3 is 6.18 Å². The van der Waals surface area contributed by atoms with Crippen LogP contribution in [-0.4, -0.2) is 40.1 Å². The topological polar surface area (TPSA) is 67.2 Å². The van der Waals surface area contributed by atoms with Gasteiger partial charge in [-0.15, -0.1) is 0 Å². The lowest BCUT2D eigenvalue weighted by Crippen LogP contribution is -2.36. The molecule has 9 heteroatoms. The molecule has 168 valence electrons. The number of para-hydroxylation sites is 1. The maximum atomic E-state index is 13.9. The minimum atomic E-state index is -4.83. The van der Waals surface area contributed by atoms with Gasteiger partial charge in [-0.05, 0) is 44.0 Å². The van der Waals surface area contributed by atoms with Crippen LogP contribution in [0.5, 0.6) is 0 Å². The largest absolute Gasteiger partial charge is 0.434 e. The molecule has 0 atom stereocenters. The molecule has 0 spiro atoms. The van der Waals surface area contributed by atoms with Crippen LogP contribution < -0.4 is 5.32 Å². The van der Waals surface area contributed by atoms with Crippen molar-refractivity contribution in [2.24, 2.45) is 0 Å². The molecule has 0 saturated heterocycles. The van der Waals surface area contributed by atoms with Crippen LogP contribution in [0.4, 0.5) is 18.9 Å². The van der Waals surface area contributed by atoms with E-state index in [1.165, 1.54) is 19.2 Å². The molecular formula is C23H23F3N4O2. The van der Waals surface area contributed by atoms with E-state index in [4.69, 9.17) is 0 Å². The summed E-state index contributed by atoms with van der Waals surface area (Å²) in [5.41, 5.74) is 1.53. The van der Waals surface area contributed by atoms with Gasteiger partial charge in [0.2, 0.25) is 5.91 Å². The van der Waals surface area contributed by atoms with E-state index in [2.05, 4.69) is 10.4 Å². The molecule has 32 heavy (non-hydrogen) atoms. The molecule has 0 aliphatic carbocycles. The number of hydrogen-bond donors (Lipinski definition) is 1. The van der Waals surface area contributed by atoms with Crippen molar-refractivity contribution >= 4 is 17.5 Å². The second-order valence-electron chi connectivity index (χ2n) is 7.63. The number of carbonyl (C=O) groups is 2. The number of benzene rings is 2. The van der Waals surface area contributed by atoms with Crippen LogP contribution in [0.1, 0.15) is 32.7 Å². The monoisotopic (exact) mass is 444 g/mol. The Morgan fingerprint density at radius 1 is 1.03 bits per heavy atom. The summed E-state index contributed by atoms with van der Waals surface area (Å²) < 4.78 is 42.3. The van der Waals surface area contributed by atoms with Gasteiger partial charge in [-0.3, -0.25) is 9.59 Å². The van der Waals surface area contributed by atoms with Gasteiger partial charge < -0.3 is 10.2 Å². The van der Waals surface area contributed by atoms with Crippen LogP contribution in [0.3, 0.4) is 0 Å². The van der Waals surface area contributed by atoms with E-state index in [0.29, 0.717) is 10.4 Å². The van der Waals surface area contributed by atoms with Gasteiger partial charge in [-0.1, -0.05) is 35.9 Å². The van der Waals surface area contributed by atoms with Crippen molar-refractivity contribution in [2.75, 3.05) is 18.9 Å². The van der Waals surface area contributed by atoms with Crippen LogP contribution in [0.15, 0.2) is 48.7 Å². The van der Waals surface area contributed by atoms with E-state index in [9.17, 15) is 22.8 Å². The molecule has 0 radical (unpaired) electrons. The molecule has 1 N–H and O–H groups in total. The minimum Gasteiger partial charge on any atom is -0.332 e. The highest BCUT2D eigenvalue weighted by Crippen LogP contribution is 2.34. The number of likely N-dealkylation sites (N-methyl/N-ethyl adjacent to an activating group) is 1. The summed E-state index contributed by atoms with van der Waals surface area (Å²) in [4.78, 5) is 26.2. The zero-order chi connectivity index (χ0) is 23.6. The fraction of sp³-hybridized carbons (Fsp3) is 0.261. The summed E-state index contributed by atoms with van der Waals surface area (Å²) in [7, 11) is 1.27. The maximum Gasteiger partial charge on any atom is 0.434 e. The lowest BCUT2D eigenvalue weighted by atomic mass is 10.1. The van der Waals surface area contributed by atoms with Crippen molar-refractivity contribution in [1.29, 1.82) is 0 Å². The van der Waals surface area contributed by atoms with E-state index in [1.54, 1.807) is 12.1 Å². The molecule has 1 heterocycles. The second-order valence-corrected chi connectivity index (χ2v) is 7.63. The fourth-order valence-corrected chi connectivity index (χ4v) is 3.34. The maximum absolute atomic E-state index is 13.9. The first-order valence-electron chi connectivity index (χ1n) is 9.83. The number of anilines is 1. The smallest absolute Gasteiger partial charge is 0.332 e. The molecule has 0 aliphatic heterocycles.